The molecule has 3 nitrogen and oxygen atoms in total. The van der Waals surface area contributed by atoms with Crippen molar-refractivity contribution in [2.24, 2.45) is 11.8 Å². The molecule has 0 spiro atoms. The second-order valence-corrected chi connectivity index (χ2v) is 4.23. The summed E-state index contributed by atoms with van der Waals surface area (Å²) < 4.78 is 0. The second-order valence-electron chi connectivity index (χ2n) is 4.23. The van der Waals surface area contributed by atoms with Crippen LogP contribution < -0.4 is 5.32 Å². The molecule has 1 aliphatic carbocycles. The monoisotopic (exact) mass is 185 g/mol. The van der Waals surface area contributed by atoms with Gasteiger partial charge in [-0.1, -0.05) is 19.8 Å². The highest BCUT2D eigenvalue weighted by Crippen LogP contribution is 2.33. The maximum absolute atomic E-state index is 10.5. The van der Waals surface area contributed by atoms with Crippen LogP contribution in [0.3, 0.4) is 0 Å². The fourth-order valence-electron chi connectivity index (χ4n) is 1.40. The highest BCUT2D eigenvalue weighted by molar-refractivity contribution is 5.69. The molecular weight excluding hydrogens is 166 g/mol. The van der Waals surface area contributed by atoms with Crippen molar-refractivity contribution in [1.29, 1.82) is 0 Å². The van der Waals surface area contributed by atoms with Gasteiger partial charge in [0.05, 0.1) is 5.92 Å². The lowest BCUT2D eigenvalue weighted by atomic mass is 10.1. The van der Waals surface area contributed by atoms with E-state index in [9.17, 15) is 4.79 Å². The van der Waals surface area contributed by atoms with E-state index >= 15 is 0 Å². The van der Waals surface area contributed by atoms with Crippen LogP contribution in [0, 0.1) is 11.8 Å². The third-order valence-electron chi connectivity index (χ3n) is 2.58. The molecule has 0 amide bonds. The number of hydrogen-bond donors (Lipinski definition) is 2. The lowest BCUT2D eigenvalue weighted by Crippen LogP contribution is -2.33. The van der Waals surface area contributed by atoms with E-state index in [1.165, 1.54) is 19.3 Å². The van der Waals surface area contributed by atoms with Crippen LogP contribution in [0.4, 0.5) is 0 Å². The van der Waals surface area contributed by atoms with Gasteiger partial charge in [0.2, 0.25) is 0 Å². The van der Waals surface area contributed by atoms with Crippen molar-refractivity contribution in [3.63, 3.8) is 0 Å². The number of carbonyl (C=O) groups is 1. The first-order valence-electron chi connectivity index (χ1n) is 5.05. The summed E-state index contributed by atoms with van der Waals surface area (Å²) in [6.45, 7) is 4.45. The van der Waals surface area contributed by atoms with Crippen LogP contribution in [0.2, 0.25) is 0 Å². The average Bonchev–Trinajstić information content (AvgIpc) is 2.83. The number of carboxylic acids is 1. The minimum absolute atomic E-state index is 0.276. The molecule has 1 saturated carbocycles. The summed E-state index contributed by atoms with van der Waals surface area (Å²) >= 11 is 0. The summed E-state index contributed by atoms with van der Waals surface area (Å²) in [5.41, 5.74) is 0. The molecule has 2 unspecified atom stereocenters. The molecule has 1 aliphatic rings. The largest absolute Gasteiger partial charge is 0.481 e. The summed E-state index contributed by atoms with van der Waals surface area (Å²) in [6, 6.07) is 0.467. The van der Waals surface area contributed by atoms with Crippen LogP contribution in [0.1, 0.15) is 33.1 Å². The number of carboxylic acid groups (broad SMARTS) is 1. The lowest BCUT2D eigenvalue weighted by Gasteiger charge is -2.14. The summed E-state index contributed by atoms with van der Waals surface area (Å²) in [6.07, 6.45) is 3.92. The van der Waals surface area contributed by atoms with Crippen molar-refractivity contribution in [2.45, 2.75) is 39.2 Å². The van der Waals surface area contributed by atoms with Crippen molar-refractivity contribution in [3.8, 4) is 0 Å². The normalized spacial score (nSPS) is 21.1. The molecule has 0 aliphatic heterocycles. The minimum Gasteiger partial charge on any atom is -0.481 e. The zero-order valence-corrected chi connectivity index (χ0v) is 8.42. The summed E-state index contributed by atoms with van der Waals surface area (Å²) in [7, 11) is 0. The third-order valence-corrected chi connectivity index (χ3v) is 2.58. The van der Waals surface area contributed by atoms with Gasteiger partial charge >= 0.3 is 5.97 Å². The molecule has 0 aromatic carbocycles. The number of rotatable bonds is 6. The van der Waals surface area contributed by atoms with Crippen LogP contribution in [0.5, 0.6) is 0 Å². The van der Waals surface area contributed by atoms with Gasteiger partial charge in [-0.2, -0.15) is 0 Å². The maximum atomic E-state index is 10.5. The van der Waals surface area contributed by atoms with Crippen LogP contribution in [0.25, 0.3) is 0 Å². The Labute approximate surface area is 79.5 Å². The molecule has 0 bridgehead atoms. The molecule has 1 fully saturated rings. The smallest absolute Gasteiger partial charge is 0.307 e. The Hall–Kier alpha value is -0.570. The van der Waals surface area contributed by atoms with E-state index in [0.717, 1.165) is 5.92 Å². The van der Waals surface area contributed by atoms with E-state index < -0.39 is 5.97 Å². The average molecular weight is 185 g/mol. The van der Waals surface area contributed by atoms with Gasteiger partial charge in [0.15, 0.2) is 0 Å². The van der Waals surface area contributed by atoms with Crippen molar-refractivity contribution < 1.29 is 9.90 Å². The molecule has 0 saturated heterocycles. The zero-order valence-electron chi connectivity index (χ0n) is 8.42. The summed E-state index contributed by atoms with van der Waals surface area (Å²) in [4.78, 5) is 10.5. The van der Waals surface area contributed by atoms with E-state index in [4.69, 9.17) is 5.11 Å². The Morgan fingerprint density at radius 3 is 2.62 bits per heavy atom. The molecule has 2 atom stereocenters. The topological polar surface area (TPSA) is 49.3 Å². The van der Waals surface area contributed by atoms with Gasteiger partial charge in [-0.25, -0.2) is 0 Å². The van der Waals surface area contributed by atoms with Crippen molar-refractivity contribution in [1.82, 2.24) is 5.32 Å². The van der Waals surface area contributed by atoms with Crippen molar-refractivity contribution in [3.05, 3.63) is 0 Å². The van der Waals surface area contributed by atoms with E-state index in [1.54, 1.807) is 6.92 Å². The number of hydrogen-bond acceptors (Lipinski definition) is 2. The van der Waals surface area contributed by atoms with Crippen LogP contribution in [-0.4, -0.2) is 23.7 Å². The standard InChI is InChI=1S/C10H19NO2/c1-7(10(12)13)6-11-8(2)5-9-3-4-9/h7-9,11H,3-6H2,1-2H3,(H,12,13). The first-order valence-corrected chi connectivity index (χ1v) is 5.05. The molecule has 1 rings (SSSR count). The molecule has 76 valence electrons. The van der Waals surface area contributed by atoms with Gasteiger partial charge < -0.3 is 10.4 Å². The van der Waals surface area contributed by atoms with Gasteiger partial charge in [-0.15, -0.1) is 0 Å². The molecule has 2 N–H and O–H groups in total. The van der Waals surface area contributed by atoms with Gasteiger partial charge in [0, 0.05) is 12.6 Å². The molecule has 0 aromatic heterocycles. The summed E-state index contributed by atoms with van der Waals surface area (Å²) in [5.74, 6) is -0.0876. The molecule has 0 heterocycles. The highest BCUT2D eigenvalue weighted by atomic mass is 16.4. The van der Waals surface area contributed by atoms with E-state index in [-0.39, 0.29) is 5.92 Å². The van der Waals surface area contributed by atoms with Crippen LogP contribution in [0.15, 0.2) is 0 Å². The fraction of sp³-hybridized carbons (Fsp3) is 0.900. The first kappa shape index (κ1) is 10.5. The highest BCUT2D eigenvalue weighted by Gasteiger charge is 2.23. The van der Waals surface area contributed by atoms with E-state index in [0.29, 0.717) is 12.6 Å². The van der Waals surface area contributed by atoms with Crippen molar-refractivity contribution in [2.75, 3.05) is 6.54 Å². The van der Waals surface area contributed by atoms with Crippen LogP contribution >= 0.6 is 0 Å². The fourth-order valence-corrected chi connectivity index (χ4v) is 1.40. The lowest BCUT2D eigenvalue weighted by molar-refractivity contribution is -0.140. The Morgan fingerprint density at radius 1 is 1.54 bits per heavy atom. The SMILES string of the molecule is CC(CC1CC1)NCC(C)C(=O)O. The first-order chi connectivity index (χ1) is 6.09. The van der Waals surface area contributed by atoms with Gasteiger partial charge in [-0.3, -0.25) is 4.79 Å². The van der Waals surface area contributed by atoms with Crippen LogP contribution in [-0.2, 0) is 4.79 Å². The maximum Gasteiger partial charge on any atom is 0.307 e. The van der Waals surface area contributed by atoms with E-state index in [1.807, 2.05) is 0 Å². The molecule has 3 heteroatoms. The zero-order chi connectivity index (χ0) is 9.84. The van der Waals surface area contributed by atoms with Crippen molar-refractivity contribution >= 4 is 5.97 Å². The van der Waals surface area contributed by atoms with Gasteiger partial charge in [0.1, 0.15) is 0 Å². The number of nitrogens with one attached hydrogen (secondary N) is 1. The number of aliphatic carboxylic acids is 1. The molecule has 13 heavy (non-hydrogen) atoms. The Kier molecular flexibility index (Phi) is 3.72. The molecule has 0 radical (unpaired) electrons. The molecular formula is C10H19NO2. The quantitative estimate of drug-likeness (QED) is 0.659. The van der Waals surface area contributed by atoms with E-state index in [2.05, 4.69) is 12.2 Å². The Balaban J connectivity index is 2.05. The predicted octanol–water partition coefficient (Wildman–Crippen LogP) is 1.49. The minimum atomic E-state index is -0.717. The summed E-state index contributed by atoms with van der Waals surface area (Å²) in [5, 5.41) is 11.9. The second kappa shape index (κ2) is 4.61. The Bertz CT molecular complexity index is 178. The van der Waals surface area contributed by atoms with Gasteiger partial charge in [-0.05, 0) is 19.3 Å². The van der Waals surface area contributed by atoms with Gasteiger partial charge in [0.25, 0.3) is 0 Å². The predicted molar refractivity (Wildman–Crippen MR) is 51.6 cm³/mol. The Morgan fingerprint density at radius 2 is 2.15 bits per heavy atom. The third kappa shape index (κ3) is 4.27. The molecule has 0 aromatic rings.